The lowest BCUT2D eigenvalue weighted by Crippen LogP contribution is -2.48. The van der Waals surface area contributed by atoms with Crippen LogP contribution in [-0.2, 0) is 16.1 Å². The number of nitrogens with zero attached hydrogens (tertiary/aromatic N) is 1. The van der Waals surface area contributed by atoms with Gasteiger partial charge in [-0.25, -0.2) is 9.69 Å². The molecule has 3 N–H and O–H groups in total. The van der Waals surface area contributed by atoms with Gasteiger partial charge in [-0.2, -0.15) is 0 Å². The summed E-state index contributed by atoms with van der Waals surface area (Å²) >= 11 is 0. The highest BCUT2D eigenvalue weighted by Gasteiger charge is 2.54. The van der Waals surface area contributed by atoms with Crippen LogP contribution in [0.5, 0.6) is 0 Å². The molecule has 9 heteroatoms. The van der Waals surface area contributed by atoms with Crippen LogP contribution in [0.4, 0.5) is 10.5 Å². The lowest BCUT2D eigenvalue weighted by molar-refractivity contribution is -0.136. The Kier molecular flexibility index (Phi) is 5.50. The fourth-order valence-corrected chi connectivity index (χ4v) is 4.13. The molecule has 5 amide bonds. The molecule has 1 spiro atoms. The molecule has 1 aromatic carbocycles. The highest BCUT2D eigenvalue weighted by Crippen LogP contribution is 2.35. The first-order valence-corrected chi connectivity index (χ1v) is 10.3. The molecule has 0 bridgehead atoms. The lowest BCUT2D eigenvalue weighted by Gasteiger charge is -2.24. The predicted octanol–water partition coefficient (Wildman–Crippen LogP) is 2.40. The van der Waals surface area contributed by atoms with Crippen LogP contribution in [0.25, 0.3) is 0 Å². The van der Waals surface area contributed by atoms with E-state index in [2.05, 4.69) is 16.0 Å². The Balaban J connectivity index is 1.45. The molecule has 1 unspecified atom stereocenters. The van der Waals surface area contributed by atoms with Gasteiger partial charge < -0.3 is 20.4 Å². The van der Waals surface area contributed by atoms with Gasteiger partial charge in [0, 0.05) is 0 Å². The number of amides is 5. The third-order valence-corrected chi connectivity index (χ3v) is 5.85. The minimum atomic E-state index is -1.02. The smallest absolute Gasteiger partial charge is 0.325 e. The summed E-state index contributed by atoms with van der Waals surface area (Å²) in [7, 11) is 0. The van der Waals surface area contributed by atoms with Crippen LogP contribution in [0.2, 0.25) is 0 Å². The van der Waals surface area contributed by atoms with Gasteiger partial charge in [0.05, 0.1) is 24.1 Å². The summed E-state index contributed by atoms with van der Waals surface area (Å²) in [5, 5.41) is 8.19. The van der Waals surface area contributed by atoms with Gasteiger partial charge >= 0.3 is 6.03 Å². The number of para-hydroxylation sites is 1. The molecule has 1 aromatic heterocycles. The largest absolute Gasteiger partial charge is 0.467 e. The number of urea groups is 1. The Hall–Kier alpha value is -3.62. The van der Waals surface area contributed by atoms with E-state index in [-0.39, 0.29) is 23.9 Å². The first-order valence-electron chi connectivity index (χ1n) is 10.3. The number of anilines is 1. The molecule has 1 saturated carbocycles. The highest BCUT2D eigenvalue weighted by molar-refractivity contribution is 6.12. The normalized spacial score (nSPS) is 18.2. The minimum absolute atomic E-state index is 0.203. The second-order valence-corrected chi connectivity index (χ2v) is 7.87. The van der Waals surface area contributed by atoms with Crippen molar-refractivity contribution in [2.45, 2.75) is 50.7 Å². The van der Waals surface area contributed by atoms with Gasteiger partial charge in [0.2, 0.25) is 5.91 Å². The molecular formula is C22H24N4O5. The van der Waals surface area contributed by atoms with E-state index in [1.54, 1.807) is 36.4 Å². The van der Waals surface area contributed by atoms with E-state index in [0.29, 0.717) is 24.3 Å². The van der Waals surface area contributed by atoms with Crippen molar-refractivity contribution in [1.82, 2.24) is 15.5 Å². The molecule has 2 heterocycles. The Labute approximate surface area is 179 Å². The molecule has 1 aliphatic heterocycles. The van der Waals surface area contributed by atoms with E-state index in [9.17, 15) is 19.2 Å². The molecule has 2 aromatic rings. The minimum Gasteiger partial charge on any atom is -0.467 e. The average Bonchev–Trinajstić information content (AvgIpc) is 3.49. The maximum Gasteiger partial charge on any atom is 0.325 e. The molecule has 2 fully saturated rings. The second kappa shape index (κ2) is 8.25. The van der Waals surface area contributed by atoms with Crippen molar-refractivity contribution in [2.24, 2.45) is 0 Å². The van der Waals surface area contributed by atoms with Crippen molar-refractivity contribution in [1.29, 1.82) is 0 Å². The van der Waals surface area contributed by atoms with Crippen LogP contribution >= 0.6 is 0 Å². The predicted molar refractivity (Wildman–Crippen MR) is 111 cm³/mol. The number of imide groups is 1. The summed E-state index contributed by atoms with van der Waals surface area (Å²) in [6.45, 7) is 1.70. The molecule has 9 nitrogen and oxygen atoms in total. The number of furan rings is 1. The summed E-state index contributed by atoms with van der Waals surface area (Å²) in [5.74, 6) is -0.699. The maximum atomic E-state index is 12.9. The second-order valence-electron chi connectivity index (χ2n) is 7.87. The van der Waals surface area contributed by atoms with Gasteiger partial charge in [-0.3, -0.25) is 14.4 Å². The molecule has 4 rings (SSSR count). The van der Waals surface area contributed by atoms with Gasteiger partial charge in [0.25, 0.3) is 11.8 Å². The van der Waals surface area contributed by atoms with Crippen molar-refractivity contribution in [3.05, 3.63) is 54.0 Å². The van der Waals surface area contributed by atoms with Gasteiger partial charge in [0.1, 0.15) is 17.3 Å². The van der Waals surface area contributed by atoms with E-state index in [4.69, 9.17) is 4.42 Å². The van der Waals surface area contributed by atoms with Crippen molar-refractivity contribution in [2.75, 3.05) is 5.32 Å². The summed E-state index contributed by atoms with van der Waals surface area (Å²) in [4.78, 5) is 51.8. The SMILES string of the molecule is CC(C(=O)Nc1ccccc1C(=O)NCc1ccco1)N1C(=O)NC2(CCCC2)C1=O. The Morgan fingerprint density at radius 1 is 1.16 bits per heavy atom. The van der Waals surface area contributed by atoms with E-state index in [0.717, 1.165) is 17.7 Å². The van der Waals surface area contributed by atoms with Gasteiger partial charge in [0.15, 0.2) is 0 Å². The van der Waals surface area contributed by atoms with Crippen LogP contribution in [-0.4, -0.2) is 40.2 Å². The number of carbonyl (C=O) groups excluding carboxylic acids is 4. The Bertz CT molecular complexity index is 1010. The van der Waals surface area contributed by atoms with Crippen LogP contribution in [0.3, 0.4) is 0 Å². The van der Waals surface area contributed by atoms with Crippen LogP contribution in [0, 0.1) is 0 Å². The number of rotatable bonds is 6. The third kappa shape index (κ3) is 3.90. The fraction of sp³-hybridized carbons (Fsp3) is 0.364. The molecule has 1 saturated heterocycles. The lowest BCUT2D eigenvalue weighted by atomic mass is 9.97. The maximum absolute atomic E-state index is 12.9. The zero-order valence-corrected chi connectivity index (χ0v) is 17.1. The monoisotopic (exact) mass is 424 g/mol. The standard InChI is InChI=1S/C22H24N4O5/c1-14(26-20(29)22(25-21(26)30)10-4-5-11-22)18(27)24-17-9-3-2-8-16(17)19(28)23-13-15-7-6-12-31-15/h2-3,6-9,12,14H,4-5,10-11,13H2,1H3,(H,23,28)(H,24,27)(H,25,30). The quantitative estimate of drug-likeness (QED) is 0.615. The van der Waals surface area contributed by atoms with E-state index < -0.39 is 23.5 Å². The van der Waals surface area contributed by atoms with E-state index in [1.807, 2.05) is 0 Å². The van der Waals surface area contributed by atoms with E-state index in [1.165, 1.54) is 13.2 Å². The van der Waals surface area contributed by atoms with Gasteiger partial charge in [-0.15, -0.1) is 0 Å². The number of hydrogen-bond acceptors (Lipinski definition) is 5. The van der Waals surface area contributed by atoms with E-state index >= 15 is 0 Å². The molecule has 0 radical (unpaired) electrons. The topological polar surface area (TPSA) is 121 Å². The number of hydrogen-bond donors (Lipinski definition) is 3. The molecule has 1 atom stereocenters. The number of benzene rings is 1. The zero-order valence-electron chi connectivity index (χ0n) is 17.1. The molecule has 162 valence electrons. The first kappa shape index (κ1) is 20.6. The zero-order chi connectivity index (χ0) is 22.0. The summed E-state index contributed by atoms with van der Waals surface area (Å²) in [6.07, 6.45) is 4.41. The van der Waals surface area contributed by atoms with Gasteiger partial charge in [-0.1, -0.05) is 25.0 Å². The van der Waals surface area contributed by atoms with Crippen LogP contribution in [0.1, 0.15) is 48.7 Å². The highest BCUT2D eigenvalue weighted by atomic mass is 16.3. The third-order valence-electron chi connectivity index (χ3n) is 5.85. The first-order chi connectivity index (χ1) is 14.9. The van der Waals surface area contributed by atoms with Crippen LogP contribution in [0.15, 0.2) is 47.1 Å². The summed E-state index contributed by atoms with van der Waals surface area (Å²) < 4.78 is 5.20. The molecular weight excluding hydrogens is 400 g/mol. The number of nitrogens with one attached hydrogen (secondary N) is 3. The fourth-order valence-electron chi connectivity index (χ4n) is 4.13. The van der Waals surface area contributed by atoms with Crippen molar-refractivity contribution in [3.8, 4) is 0 Å². The molecule has 2 aliphatic rings. The van der Waals surface area contributed by atoms with Crippen LogP contribution < -0.4 is 16.0 Å². The summed E-state index contributed by atoms with van der Waals surface area (Å²) in [5.41, 5.74) is -0.326. The van der Waals surface area contributed by atoms with Crippen molar-refractivity contribution < 1.29 is 23.6 Å². The van der Waals surface area contributed by atoms with Gasteiger partial charge in [-0.05, 0) is 44.0 Å². The molecule has 1 aliphatic carbocycles. The van der Waals surface area contributed by atoms with Crippen molar-refractivity contribution >= 4 is 29.4 Å². The van der Waals surface area contributed by atoms with Crippen molar-refractivity contribution in [3.63, 3.8) is 0 Å². The molecule has 31 heavy (non-hydrogen) atoms. The Morgan fingerprint density at radius 2 is 1.90 bits per heavy atom. The average molecular weight is 424 g/mol. The number of carbonyl (C=O) groups is 4. The summed E-state index contributed by atoms with van der Waals surface area (Å²) in [6, 6.07) is 8.43. The Morgan fingerprint density at radius 3 is 2.61 bits per heavy atom.